The number of nitrogens with two attached hydrogens (primary N) is 2. The fourth-order valence-corrected chi connectivity index (χ4v) is 1.34. The highest BCUT2D eigenvalue weighted by molar-refractivity contribution is 5.94. The summed E-state index contributed by atoms with van der Waals surface area (Å²) in [6.07, 6.45) is -0.0158. The maximum absolute atomic E-state index is 11.8. The average molecular weight is 252 g/mol. The average Bonchev–Trinajstić information content (AvgIpc) is 2.31. The SMILES string of the molecule is CCOc1c(N)cccc1C(=O)OCCC(N)=O. The van der Waals surface area contributed by atoms with Gasteiger partial charge in [0.15, 0.2) is 5.75 Å². The van der Waals surface area contributed by atoms with Crippen LogP contribution in [0.2, 0.25) is 0 Å². The highest BCUT2D eigenvalue weighted by Crippen LogP contribution is 2.26. The van der Waals surface area contributed by atoms with E-state index in [9.17, 15) is 9.59 Å². The van der Waals surface area contributed by atoms with E-state index in [1.807, 2.05) is 0 Å². The number of primary amides is 1. The molecule has 6 nitrogen and oxygen atoms in total. The van der Waals surface area contributed by atoms with Crippen LogP contribution in [0.3, 0.4) is 0 Å². The lowest BCUT2D eigenvalue weighted by atomic mass is 10.1. The Balaban J connectivity index is 2.78. The molecular weight excluding hydrogens is 236 g/mol. The summed E-state index contributed by atoms with van der Waals surface area (Å²) in [5, 5.41) is 0. The molecule has 1 amide bonds. The van der Waals surface area contributed by atoms with Crippen LogP contribution in [0.4, 0.5) is 5.69 Å². The highest BCUT2D eigenvalue weighted by Gasteiger charge is 2.16. The summed E-state index contributed by atoms with van der Waals surface area (Å²) in [7, 11) is 0. The molecular formula is C12H16N2O4. The third-order valence-electron chi connectivity index (χ3n) is 2.14. The molecule has 0 aliphatic heterocycles. The van der Waals surface area contributed by atoms with Gasteiger partial charge in [-0.1, -0.05) is 6.07 Å². The number of benzene rings is 1. The Labute approximate surface area is 105 Å². The summed E-state index contributed by atoms with van der Waals surface area (Å²) < 4.78 is 10.2. The molecule has 1 aromatic rings. The zero-order valence-corrected chi connectivity index (χ0v) is 10.1. The molecule has 4 N–H and O–H groups in total. The summed E-state index contributed by atoms with van der Waals surface area (Å²) in [4.78, 5) is 22.3. The molecule has 0 saturated carbocycles. The van der Waals surface area contributed by atoms with Gasteiger partial charge in [-0.05, 0) is 19.1 Å². The summed E-state index contributed by atoms with van der Waals surface area (Å²) >= 11 is 0. The minimum Gasteiger partial charge on any atom is -0.491 e. The largest absolute Gasteiger partial charge is 0.491 e. The van der Waals surface area contributed by atoms with Gasteiger partial charge in [0.05, 0.1) is 18.7 Å². The van der Waals surface area contributed by atoms with Crippen LogP contribution in [0.1, 0.15) is 23.7 Å². The van der Waals surface area contributed by atoms with Crippen molar-refractivity contribution in [3.63, 3.8) is 0 Å². The van der Waals surface area contributed by atoms with Crippen LogP contribution in [0.25, 0.3) is 0 Å². The number of para-hydroxylation sites is 1. The third-order valence-corrected chi connectivity index (χ3v) is 2.14. The van der Waals surface area contributed by atoms with Crippen LogP contribution in [0.5, 0.6) is 5.75 Å². The summed E-state index contributed by atoms with van der Waals surface area (Å²) in [5.41, 5.74) is 11.3. The third kappa shape index (κ3) is 3.65. The van der Waals surface area contributed by atoms with E-state index in [1.165, 1.54) is 0 Å². The molecule has 0 saturated heterocycles. The number of amides is 1. The quantitative estimate of drug-likeness (QED) is 0.572. The normalized spacial score (nSPS) is 9.83. The van der Waals surface area contributed by atoms with Gasteiger partial charge in [-0.2, -0.15) is 0 Å². The second-order valence-corrected chi connectivity index (χ2v) is 3.51. The topological polar surface area (TPSA) is 105 Å². The summed E-state index contributed by atoms with van der Waals surface area (Å²) in [6.45, 7) is 2.11. The van der Waals surface area contributed by atoms with Crippen LogP contribution in [0, 0.1) is 0 Å². The predicted molar refractivity (Wildman–Crippen MR) is 66.1 cm³/mol. The minimum absolute atomic E-state index is 0.0158. The van der Waals surface area contributed by atoms with E-state index in [-0.39, 0.29) is 18.6 Å². The van der Waals surface area contributed by atoms with Crippen molar-refractivity contribution in [2.45, 2.75) is 13.3 Å². The molecule has 1 aromatic carbocycles. The maximum Gasteiger partial charge on any atom is 0.342 e. The number of hydrogen-bond acceptors (Lipinski definition) is 5. The van der Waals surface area contributed by atoms with Crippen LogP contribution >= 0.6 is 0 Å². The Morgan fingerprint density at radius 1 is 1.33 bits per heavy atom. The number of esters is 1. The number of rotatable bonds is 6. The van der Waals surface area contributed by atoms with Gasteiger partial charge in [0.25, 0.3) is 0 Å². The Morgan fingerprint density at radius 3 is 2.67 bits per heavy atom. The lowest BCUT2D eigenvalue weighted by Gasteiger charge is -2.11. The molecule has 0 atom stereocenters. The number of carbonyl (C=O) groups is 2. The van der Waals surface area contributed by atoms with Crippen molar-refractivity contribution < 1.29 is 19.1 Å². The molecule has 98 valence electrons. The smallest absolute Gasteiger partial charge is 0.342 e. The number of hydrogen-bond donors (Lipinski definition) is 2. The Hall–Kier alpha value is -2.24. The second kappa shape index (κ2) is 6.48. The lowest BCUT2D eigenvalue weighted by molar-refractivity contribution is -0.118. The molecule has 0 aliphatic carbocycles. The van der Waals surface area contributed by atoms with Crippen molar-refractivity contribution in [3.8, 4) is 5.75 Å². The van der Waals surface area contributed by atoms with Gasteiger partial charge < -0.3 is 20.9 Å². The second-order valence-electron chi connectivity index (χ2n) is 3.51. The van der Waals surface area contributed by atoms with Crippen molar-refractivity contribution in [3.05, 3.63) is 23.8 Å². The highest BCUT2D eigenvalue weighted by atomic mass is 16.5. The molecule has 0 bridgehead atoms. The predicted octanol–water partition coefficient (Wildman–Crippen LogP) is 0.700. The first kappa shape index (κ1) is 13.8. The van der Waals surface area contributed by atoms with E-state index in [0.29, 0.717) is 18.0 Å². The van der Waals surface area contributed by atoms with E-state index in [2.05, 4.69) is 0 Å². The summed E-state index contributed by atoms with van der Waals surface area (Å²) in [6, 6.07) is 4.81. The van der Waals surface area contributed by atoms with E-state index in [1.54, 1.807) is 25.1 Å². The van der Waals surface area contributed by atoms with Crippen molar-refractivity contribution >= 4 is 17.6 Å². The van der Waals surface area contributed by atoms with E-state index in [0.717, 1.165) is 0 Å². The van der Waals surface area contributed by atoms with Crippen LogP contribution in [0.15, 0.2) is 18.2 Å². The van der Waals surface area contributed by atoms with Gasteiger partial charge >= 0.3 is 5.97 Å². The number of nitrogen functional groups attached to an aromatic ring is 1. The fraction of sp³-hybridized carbons (Fsp3) is 0.333. The Kier molecular flexibility index (Phi) is 4.98. The minimum atomic E-state index is -0.591. The maximum atomic E-state index is 11.8. The zero-order valence-electron chi connectivity index (χ0n) is 10.1. The first-order valence-corrected chi connectivity index (χ1v) is 5.53. The molecule has 18 heavy (non-hydrogen) atoms. The molecule has 1 rings (SSSR count). The summed E-state index contributed by atoms with van der Waals surface area (Å²) in [5.74, 6) is -0.823. The van der Waals surface area contributed by atoms with Crippen molar-refractivity contribution in [1.29, 1.82) is 0 Å². The van der Waals surface area contributed by atoms with Gasteiger partial charge in [0, 0.05) is 0 Å². The standard InChI is InChI=1S/C12H16N2O4/c1-2-17-11-8(4-3-5-9(11)13)12(16)18-7-6-10(14)15/h3-5H,2,6-7,13H2,1H3,(H2,14,15). The van der Waals surface area contributed by atoms with Gasteiger partial charge in [-0.3, -0.25) is 4.79 Å². The molecule has 0 unspecified atom stereocenters. The van der Waals surface area contributed by atoms with Gasteiger partial charge in [-0.25, -0.2) is 4.79 Å². The molecule has 0 fully saturated rings. The number of carbonyl (C=O) groups excluding carboxylic acids is 2. The van der Waals surface area contributed by atoms with Crippen LogP contribution in [-0.4, -0.2) is 25.1 Å². The zero-order chi connectivity index (χ0) is 13.5. The molecule has 0 aromatic heterocycles. The lowest BCUT2D eigenvalue weighted by Crippen LogP contribution is -2.16. The van der Waals surface area contributed by atoms with Crippen molar-refractivity contribution in [1.82, 2.24) is 0 Å². The molecule has 6 heteroatoms. The number of anilines is 1. The number of ether oxygens (including phenoxy) is 2. The molecule has 0 spiro atoms. The van der Waals surface area contributed by atoms with E-state index in [4.69, 9.17) is 20.9 Å². The first-order valence-electron chi connectivity index (χ1n) is 5.53. The Bertz CT molecular complexity index is 446. The van der Waals surface area contributed by atoms with Gasteiger partial charge in [-0.15, -0.1) is 0 Å². The van der Waals surface area contributed by atoms with Gasteiger partial charge in [0.1, 0.15) is 12.2 Å². The van der Waals surface area contributed by atoms with Crippen LogP contribution in [-0.2, 0) is 9.53 Å². The van der Waals surface area contributed by atoms with Crippen molar-refractivity contribution in [2.75, 3.05) is 18.9 Å². The molecule has 0 aliphatic rings. The van der Waals surface area contributed by atoms with Crippen molar-refractivity contribution in [2.24, 2.45) is 5.73 Å². The van der Waals surface area contributed by atoms with E-state index < -0.39 is 11.9 Å². The van der Waals surface area contributed by atoms with E-state index >= 15 is 0 Å². The Morgan fingerprint density at radius 2 is 2.06 bits per heavy atom. The van der Waals surface area contributed by atoms with Gasteiger partial charge in [0.2, 0.25) is 5.91 Å². The van der Waals surface area contributed by atoms with Crippen LogP contribution < -0.4 is 16.2 Å². The molecule has 0 radical (unpaired) electrons. The monoisotopic (exact) mass is 252 g/mol. The fourth-order valence-electron chi connectivity index (χ4n) is 1.34. The first-order chi connectivity index (χ1) is 8.56. The molecule has 0 heterocycles.